The first-order valence-electron chi connectivity index (χ1n) is 7.29. The zero-order valence-electron chi connectivity index (χ0n) is 15.0. The monoisotopic (exact) mass is 308 g/mol. The minimum atomic E-state index is -4.34. The third-order valence-corrected chi connectivity index (χ3v) is 4.02. The Kier molecular flexibility index (Phi) is 5.33. The van der Waals surface area contributed by atoms with Crippen LogP contribution in [0.1, 0.15) is 68.7 Å². The molecule has 0 aromatic rings. The Bertz CT molecular complexity index is 380. The van der Waals surface area contributed by atoms with Gasteiger partial charge in [-0.25, -0.2) is 0 Å². The summed E-state index contributed by atoms with van der Waals surface area (Å²) >= 11 is 0. The Morgan fingerprint density at radius 1 is 0.857 bits per heavy atom. The molecule has 0 spiro atoms. The summed E-state index contributed by atoms with van der Waals surface area (Å²) < 4.78 is 46.5. The van der Waals surface area contributed by atoms with Gasteiger partial charge in [0.15, 0.2) is 0 Å². The fraction of sp³-hybridized carbons (Fsp3) is 0.882. The largest absolute Gasteiger partial charge is 0.493 e. The molecule has 0 bridgehead atoms. The van der Waals surface area contributed by atoms with Crippen LogP contribution in [0.25, 0.3) is 0 Å². The van der Waals surface area contributed by atoms with Gasteiger partial charge in [0, 0.05) is 5.41 Å². The lowest BCUT2D eigenvalue weighted by Crippen LogP contribution is -2.50. The summed E-state index contributed by atoms with van der Waals surface area (Å²) in [6.45, 7) is 19.2. The van der Waals surface area contributed by atoms with E-state index in [0.29, 0.717) is 6.42 Å². The molecule has 0 fully saturated rings. The molecule has 21 heavy (non-hydrogen) atoms. The van der Waals surface area contributed by atoms with Crippen molar-refractivity contribution < 1.29 is 17.9 Å². The summed E-state index contributed by atoms with van der Waals surface area (Å²) in [5.74, 6) is 0.201. The Morgan fingerprint density at radius 2 is 1.24 bits per heavy atom. The van der Waals surface area contributed by atoms with E-state index in [4.69, 9.17) is 4.74 Å². The first kappa shape index (κ1) is 20.3. The van der Waals surface area contributed by atoms with Gasteiger partial charge in [0.2, 0.25) is 0 Å². The van der Waals surface area contributed by atoms with Crippen molar-refractivity contribution in [3.8, 4) is 0 Å². The first-order chi connectivity index (χ1) is 8.83. The van der Waals surface area contributed by atoms with Gasteiger partial charge in [-0.05, 0) is 32.6 Å². The molecule has 1 nitrogen and oxygen atoms in total. The van der Waals surface area contributed by atoms with Gasteiger partial charge in [-0.3, -0.25) is 0 Å². The zero-order valence-corrected chi connectivity index (χ0v) is 15.0. The smallest absolute Gasteiger partial charge is 0.394 e. The highest BCUT2D eigenvalue weighted by Crippen LogP contribution is 2.58. The van der Waals surface area contributed by atoms with Crippen LogP contribution in [0, 0.1) is 16.2 Å². The van der Waals surface area contributed by atoms with Crippen molar-refractivity contribution in [3.63, 3.8) is 0 Å². The molecule has 0 saturated heterocycles. The van der Waals surface area contributed by atoms with Crippen LogP contribution in [-0.4, -0.2) is 11.8 Å². The number of allylic oxidation sites excluding steroid dienone is 1. The van der Waals surface area contributed by atoms with Crippen LogP contribution in [0.15, 0.2) is 12.3 Å². The van der Waals surface area contributed by atoms with Gasteiger partial charge in [0.05, 0.1) is 11.2 Å². The first-order valence-corrected chi connectivity index (χ1v) is 7.29. The average Bonchev–Trinajstić information content (AvgIpc) is 2.09. The standard InChI is InChI=1S/C17H31F3O/c1-12(21-14(5,6)7)16(10,11-13(2,3)4)15(8,9)17(18,19)20/h1,11H2,2-10H3. The highest BCUT2D eigenvalue weighted by molar-refractivity contribution is 5.12. The van der Waals surface area contributed by atoms with Crippen molar-refractivity contribution in [2.75, 3.05) is 0 Å². The average molecular weight is 308 g/mol. The van der Waals surface area contributed by atoms with Gasteiger partial charge >= 0.3 is 6.18 Å². The maximum absolute atomic E-state index is 13.6. The highest BCUT2D eigenvalue weighted by Gasteiger charge is 2.61. The number of hydrogen-bond donors (Lipinski definition) is 0. The van der Waals surface area contributed by atoms with Crippen molar-refractivity contribution in [3.05, 3.63) is 12.3 Å². The van der Waals surface area contributed by atoms with Crippen molar-refractivity contribution in [2.24, 2.45) is 16.2 Å². The molecule has 126 valence electrons. The van der Waals surface area contributed by atoms with E-state index in [-0.39, 0.29) is 11.2 Å². The molecule has 0 N–H and O–H groups in total. The molecule has 0 rings (SSSR count). The molecule has 1 atom stereocenters. The Balaban J connectivity index is 5.87. The normalized spacial score (nSPS) is 17.3. The van der Waals surface area contributed by atoms with Crippen LogP contribution in [0.5, 0.6) is 0 Å². The van der Waals surface area contributed by atoms with E-state index >= 15 is 0 Å². The second-order valence-electron chi connectivity index (χ2n) is 8.83. The molecule has 0 aliphatic heterocycles. The van der Waals surface area contributed by atoms with E-state index in [9.17, 15) is 13.2 Å². The fourth-order valence-corrected chi connectivity index (χ4v) is 2.52. The van der Waals surface area contributed by atoms with Crippen LogP contribution in [0.2, 0.25) is 0 Å². The summed E-state index contributed by atoms with van der Waals surface area (Å²) in [7, 11) is 0. The second-order valence-corrected chi connectivity index (χ2v) is 8.83. The summed E-state index contributed by atoms with van der Waals surface area (Å²) in [6.07, 6.45) is -4.00. The molecule has 4 heteroatoms. The zero-order chi connectivity index (χ0) is 17.5. The highest BCUT2D eigenvalue weighted by atomic mass is 19.4. The van der Waals surface area contributed by atoms with Crippen molar-refractivity contribution in [1.29, 1.82) is 0 Å². The Morgan fingerprint density at radius 3 is 1.48 bits per heavy atom. The van der Waals surface area contributed by atoms with Gasteiger partial charge in [-0.15, -0.1) is 0 Å². The minimum Gasteiger partial charge on any atom is -0.493 e. The van der Waals surface area contributed by atoms with Gasteiger partial charge in [0.25, 0.3) is 0 Å². The molecule has 0 radical (unpaired) electrons. The maximum Gasteiger partial charge on any atom is 0.394 e. The molecule has 0 heterocycles. The fourth-order valence-electron chi connectivity index (χ4n) is 2.52. The summed E-state index contributed by atoms with van der Waals surface area (Å²) in [6, 6.07) is 0. The summed E-state index contributed by atoms with van der Waals surface area (Å²) in [4.78, 5) is 0. The molecule has 0 saturated carbocycles. The third-order valence-electron chi connectivity index (χ3n) is 4.02. The van der Waals surface area contributed by atoms with Crippen molar-refractivity contribution in [2.45, 2.75) is 80.5 Å². The van der Waals surface area contributed by atoms with Gasteiger partial charge in [-0.1, -0.05) is 48.1 Å². The lowest BCUT2D eigenvalue weighted by Gasteiger charge is -2.49. The molecule has 0 amide bonds. The number of hydrogen-bond acceptors (Lipinski definition) is 1. The lowest BCUT2D eigenvalue weighted by atomic mass is 9.59. The van der Waals surface area contributed by atoms with Crippen LogP contribution in [-0.2, 0) is 4.74 Å². The van der Waals surface area contributed by atoms with Gasteiger partial charge in [-0.2, -0.15) is 13.2 Å². The van der Waals surface area contributed by atoms with E-state index in [1.807, 2.05) is 41.5 Å². The molecule has 0 aromatic heterocycles. The van der Waals surface area contributed by atoms with Crippen LogP contribution < -0.4 is 0 Å². The van der Waals surface area contributed by atoms with Crippen LogP contribution >= 0.6 is 0 Å². The van der Waals surface area contributed by atoms with Gasteiger partial charge in [0.1, 0.15) is 5.60 Å². The molecule has 0 aromatic carbocycles. The second kappa shape index (κ2) is 5.51. The number of alkyl halides is 3. The number of rotatable bonds is 4. The van der Waals surface area contributed by atoms with Crippen LogP contribution in [0.3, 0.4) is 0 Å². The third kappa shape index (κ3) is 4.93. The SMILES string of the molecule is C=C(OC(C)(C)C)C(C)(CC(C)(C)C)C(C)(C)C(F)(F)F. The lowest BCUT2D eigenvalue weighted by molar-refractivity contribution is -0.254. The molecule has 0 aliphatic rings. The topological polar surface area (TPSA) is 9.23 Å². The van der Waals surface area contributed by atoms with Crippen molar-refractivity contribution in [1.82, 2.24) is 0 Å². The maximum atomic E-state index is 13.6. The minimum absolute atomic E-state index is 0.201. The summed E-state index contributed by atoms with van der Waals surface area (Å²) in [5, 5.41) is 0. The molecular formula is C17H31F3O. The van der Waals surface area contributed by atoms with E-state index < -0.39 is 22.6 Å². The van der Waals surface area contributed by atoms with Crippen molar-refractivity contribution >= 4 is 0 Å². The van der Waals surface area contributed by atoms with E-state index in [0.717, 1.165) is 0 Å². The Hall–Kier alpha value is -0.670. The Labute approximate surface area is 127 Å². The predicted molar refractivity (Wildman–Crippen MR) is 82.0 cm³/mol. The molecule has 1 unspecified atom stereocenters. The van der Waals surface area contributed by atoms with Crippen LogP contribution in [0.4, 0.5) is 13.2 Å². The molecular weight excluding hydrogens is 277 g/mol. The van der Waals surface area contributed by atoms with E-state index in [1.54, 1.807) is 6.92 Å². The van der Waals surface area contributed by atoms with Gasteiger partial charge < -0.3 is 4.74 Å². The number of halogens is 3. The number of ether oxygens (including phenoxy) is 1. The van der Waals surface area contributed by atoms with E-state index in [2.05, 4.69) is 6.58 Å². The summed E-state index contributed by atoms with van der Waals surface area (Å²) in [5.41, 5.74) is -3.99. The quantitative estimate of drug-likeness (QED) is 0.550. The molecule has 0 aliphatic carbocycles. The predicted octanol–water partition coefficient (Wildman–Crippen LogP) is 6.35. The van der Waals surface area contributed by atoms with E-state index in [1.165, 1.54) is 13.8 Å².